The first-order valence-electron chi connectivity index (χ1n) is 7.89. The number of carbonyl (C=O) groups excluding carboxylic acids is 3. The third-order valence-corrected chi connectivity index (χ3v) is 3.58. The zero-order valence-corrected chi connectivity index (χ0v) is 14.8. The van der Waals surface area contributed by atoms with Crippen LogP contribution in [0, 0.1) is 5.82 Å². The summed E-state index contributed by atoms with van der Waals surface area (Å²) < 4.78 is 28.2. The van der Waals surface area contributed by atoms with Crippen molar-refractivity contribution in [2.24, 2.45) is 0 Å². The second-order valence-corrected chi connectivity index (χ2v) is 5.32. The molecule has 2 aromatic rings. The zero-order valence-electron chi connectivity index (χ0n) is 14.8. The second-order valence-electron chi connectivity index (χ2n) is 5.32. The third-order valence-electron chi connectivity index (χ3n) is 3.58. The lowest BCUT2D eigenvalue weighted by Crippen LogP contribution is -2.31. The molecule has 0 aliphatic heterocycles. The lowest BCUT2D eigenvalue weighted by Gasteiger charge is -2.09. The number of hydrogen-bond donors (Lipinski definition) is 1. The van der Waals surface area contributed by atoms with Gasteiger partial charge in [0, 0.05) is 5.56 Å². The number of benzene rings is 2. The Morgan fingerprint density at radius 2 is 1.70 bits per heavy atom. The van der Waals surface area contributed by atoms with Crippen molar-refractivity contribution in [3.8, 4) is 11.5 Å². The van der Waals surface area contributed by atoms with Gasteiger partial charge < -0.3 is 19.5 Å². The Bertz CT molecular complexity index is 852. The van der Waals surface area contributed by atoms with Crippen LogP contribution in [0.25, 0.3) is 0 Å². The fourth-order valence-corrected chi connectivity index (χ4v) is 2.20. The highest BCUT2D eigenvalue weighted by Gasteiger charge is 2.15. The van der Waals surface area contributed by atoms with Gasteiger partial charge in [-0.05, 0) is 30.3 Å². The quantitative estimate of drug-likeness (QED) is 0.561. The number of esters is 1. The van der Waals surface area contributed by atoms with Gasteiger partial charge in [-0.2, -0.15) is 0 Å². The predicted molar refractivity (Wildman–Crippen MR) is 93.6 cm³/mol. The highest BCUT2D eigenvalue weighted by molar-refractivity contribution is 5.99. The Balaban J connectivity index is 1.84. The maximum atomic E-state index is 13.6. The Morgan fingerprint density at radius 3 is 2.37 bits per heavy atom. The van der Waals surface area contributed by atoms with Crippen LogP contribution < -0.4 is 14.8 Å². The minimum Gasteiger partial charge on any atom is -0.496 e. The number of rotatable bonds is 8. The maximum absolute atomic E-state index is 13.6. The summed E-state index contributed by atoms with van der Waals surface area (Å²) in [4.78, 5) is 35.7. The van der Waals surface area contributed by atoms with Gasteiger partial charge in [-0.1, -0.05) is 12.1 Å². The first-order chi connectivity index (χ1) is 13.0. The van der Waals surface area contributed by atoms with Crippen molar-refractivity contribution in [3.63, 3.8) is 0 Å². The minimum atomic E-state index is -0.805. The molecule has 8 heteroatoms. The van der Waals surface area contributed by atoms with Gasteiger partial charge in [-0.3, -0.25) is 14.4 Å². The highest BCUT2D eigenvalue weighted by Crippen LogP contribution is 2.18. The Hall–Kier alpha value is -3.42. The molecule has 0 aliphatic rings. The van der Waals surface area contributed by atoms with E-state index in [1.54, 1.807) is 24.3 Å². The van der Waals surface area contributed by atoms with Crippen LogP contribution in [-0.4, -0.2) is 45.0 Å². The van der Waals surface area contributed by atoms with E-state index >= 15 is 0 Å². The molecule has 0 fully saturated rings. The molecule has 1 N–H and O–H groups in total. The van der Waals surface area contributed by atoms with Crippen LogP contribution in [0.3, 0.4) is 0 Å². The first kappa shape index (κ1) is 19.9. The Morgan fingerprint density at radius 1 is 1.00 bits per heavy atom. The van der Waals surface area contributed by atoms with Crippen LogP contribution in [0.4, 0.5) is 4.39 Å². The predicted octanol–water partition coefficient (Wildman–Crippen LogP) is 2.00. The van der Waals surface area contributed by atoms with Crippen molar-refractivity contribution in [3.05, 3.63) is 59.4 Å². The SMILES string of the molecule is COc1ccc(C(=O)COC(=O)CNC(=O)c2ccccc2OC)cc1F. The van der Waals surface area contributed by atoms with E-state index in [-0.39, 0.29) is 16.9 Å². The van der Waals surface area contributed by atoms with Crippen LogP contribution in [0.15, 0.2) is 42.5 Å². The van der Waals surface area contributed by atoms with Crippen molar-refractivity contribution in [2.75, 3.05) is 27.4 Å². The van der Waals surface area contributed by atoms with Crippen molar-refractivity contribution in [1.82, 2.24) is 5.32 Å². The summed E-state index contributed by atoms with van der Waals surface area (Å²) in [6.45, 7) is -1.00. The molecule has 0 radical (unpaired) electrons. The van der Waals surface area contributed by atoms with Crippen molar-refractivity contribution >= 4 is 17.7 Å². The molecule has 0 saturated carbocycles. The second kappa shape index (κ2) is 9.33. The van der Waals surface area contributed by atoms with E-state index in [2.05, 4.69) is 5.32 Å². The lowest BCUT2D eigenvalue weighted by atomic mass is 10.1. The molecule has 0 aliphatic carbocycles. The molecule has 2 rings (SSSR count). The van der Waals surface area contributed by atoms with E-state index in [0.29, 0.717) is 5.75 Å². The van der Waals surface area contributed by atoms with Gasteiger partial charge in [-0.25, -0.2) is 4.39 Å². The van der Waals surface area contributed by atoms with Gasteiger partial charge in [0.05, 0.1) is 19.8 Å². The molecule has 0 unspecified atom stereocenters. The van der Waals surface area contributed by atoms with Crippen LogP contribution in [0.5, 0.6) is 11.5 Å². The molecule has 0 saturated heterocycles. The fraction of sp³-hybridized carbons (Fsp3) is 0.211. The smallest absolute Gasteiger partial charge is 0.325 e. The molecule has 7 nitrogen and oxygen atoms in total. The molecule has 0 bridgehead atoms. The van der Waals surface area contributed by atoms with E-state index in [1.807, 2.05) is 0 Å². The molecule has 27 heavy (non-hydrogen) atoms. The van der Waals surface area contributed by atoms with Crippen molar-refractivity contribution in [1.29, 1.82) is 0 Å². The summed E-state index contributed by atoms with van der Waals surface area (Å²) in [5, 5.41) is 2.38. The summed E-state index contributed by atoms with van der Waals surface area (Å²) in [5.41, 5.74) is 0.303. The normalized spacial score (nSPS) is 10.0. The van der Waals surface area contributed by atoms with E-state index in [9.17, 15) is 18.8 Å². The molecule has 0 spiro atoms. The molecule has 0 aromatic heterocycles. The number of hydrogen-bond acceptors (Lipinski definition) is 6. The van der Waals surface area contributed by atoms with Crippen LogP contribution in [0.1, 0.15) is 20.7 Å². The van der Waals surface area contributed by atoms with Crippen LogP contribution in [0.2, 0.25) is 0 Å². The standard InChI is InChI=1S/C19H18FNO6/c1-25-16-6-4-3-5-13(16)19(24)21-10-18(23)27-11-15(22)12-7-8-17(26-2)14(20)9-12/h3-9H,10-11H2,1-2H3,(H,21,24). The molecule has 2 aromatic carbocycles. The summed E-state index contributed by atoms with van der Waals surface area (Å²) in [6.07, 6.45) is 0. The van der Waals surface area contributed by atoms with E-state index in [1.165, 1.54) is 26.4 Å². The van der Waals surface area contributed by atoms with Gasteiger partial charge in [0.1, 0.15) is 12.3 Å². The van der Waals surface area contributed by atoms with E-state index < -0.39 is 36.6 Å². The third kappa shape index (κ3) is 5.27. The Kier molecular flexibility index (Phi) is 6.87. The number of Topliss-reactive ketones (excluding diaryl/α,β-unsaturated/α-hetero) is 1. The molecule has 0 atom stereocenters. The average molecular weight is 375 g/mol. The summed E-state index contributed by atoms with van der Waals surface area (Å²) in [6, 6.07) is 10.2. The zero-order chi connectivity index (χ0) is 19.8. The van der Waals surface area contributed by atoms with E-state index in [0.717, 1.165) is 6.07 Å². The lowest BCUT2D eigenvalue weighted by molar-refractivity contribution is -0.141. The first-order valence-corrected chi connectivity index (χ1v) is 7.89. The summed E-state index contributed by atoms with van der Waals surface area (Å²) >= 11 is 0. The van der Waals surface area contributed by atoms with Gasteiger partial charge in [0.2, 0.25) is 0 Å². The van der Waals surface area contributed by atoms with Gasteiger partial charge >= 0.3 is 5.97 Å². The monoisotopic (exact) mass is 375 g/mol. The number of nitrogens with one attached hydrogen (secondary N) is 1. The number of methoxy groups -OCH3 is 2. The van der Waals surface area contributed by atoms with Crippen LogP contribution >= 0.6 is 0 Å². The minimum absolute atomic E-state index is 0.00240. The maximum Gasteiger partial charge on any atom is 0.325 e. The molecular formula is C19H18FNO6. The summed E-state index contributed by atoms with van der Waals surface area (Å²) in [7, 11) is 2.73. The number of para-hydroxylation sites is 1. The number of amides is 1. The van der Waals surface area contributed by atoms with Crippen LogP contribution in [-0.2, 0) is 9.53 Å². The number of halogens is 1. The topological polar surface area (TPSA) is 90.9 Å². The van der Waals surface area contributed by atoms with E-state index in [4.69, 9.17) is 14.2 Å². The van der Waals surface area contributed by atoms with Gasteiger partial charge in [-0.15, -0.1) is 0 Å². The molecule has 1 amide bonds. The van der Waals surface area contributed by atoms with Gasteiger partial charge in [0.25, 0.3) is 5.91 Å². The fourth-order valence-electron chi connectivity index (χ4n) is 2.20. The number of ether oxygens (including phenoxy) is 3. The number of ketones is 1. The molecule has 142 valence electrons. The van der Waals surface area contributed by atoms with Gasteiger partial charge in [0.15, 0.2) is 24.0 Å². The molecular weight excluding hydrogens is 357 g/mol. The van der Waals surface area contributed by atoms with Crippen molar-refractivity contribution in [2.45, 2.75) is 0 Å². The largest absolute Gasteiger partial charge is 0.496 e. The molecule has 0 heterocycles. The van der Waals surface area contributed by atoms with Crippen molar-refractivity contribution < 1.29 is 33.0 Å². The summed E-state index contributed by atoms with van der Waals surface area (Å²) in [5.74, 6) is -2.24. The Labute approximate surface area is 155 Å². The number of carbonyl (C=O) groups is 3. The average Bonchev–Trinajstić information content (AvgIpc) is 2.69. The highest BCUT2D eigenvalue weighted by atomic mass is 19.1.